The summed E-state index contributed by atoms with van der Waals surface area (Å²) in [6.45, 7) is 1.28. The normalized spacial score (nSPS) is 12.1. The highest BCUT2D eigenvalue weighted by Gasteiger charge is 2.21. The smallest absolute Gasteiger partial charge is 0.265 e. The molecule has 0 unspecified atom stereocenters. The van der Waals surface area contributed by atoms with Crippen LogP contribution in [0.2, 0.25) is 0 Å². The van der Waals surface area contributed by atoms with E-state index in [1.165, 1.54) is 0 Å². The number of carbonyl (C=O) groups is 1. The molecule has 0 N–H and O–H groups in total. The van der Waals surface area contributed by atoms with Crippen molar-refractivity contribution >= 4 is 22.9 Å². The molecule has 2 heterocycles. The molecule has 0 radical (unpaired) electrons. The Labute approximate surface area is 172 Å². The second-order valence-electron chi connectivity index (χ2n) is 6.32. The minimum atomic E-state index is -0.197. The summed E-state index contributed by atoms with van der Waals surface area (Å²) in [6.07, 6.45) is 0. The van der Waals surface area contributed by atoms with Crippen LogP contribution in [0.1, 0.15) is 10.4 Å². The number of fused-ring (bicyclic) bond motifs is 1. The first-order chi connectivity index (χ1) is 14.2. The molecule has 1 aliphatic rings. The summed E-state index contributed by atoms with van der Waals surface area (Å²) in [5.41, 5.74) is 1.19. The average Bonchev–Trinajstić information content (AvgIpc) is 3.29. The largest absolute Gasteiger partial charge is 0.486 e. The van der Waals surface area contributed by atoms with Crippen molar-refractivity contribution in [3.05, 3.63) is 70.4 Å². The van der Waals surface area contributed by atoms with Gasteiger partial charge in [-0.05, 0) is 41.8 Å². The zero-order chi connectivity index (χ0) is 20.1. The van der Waals surface area contributed by atoms with E-state index in [4.69, 9.17) is 19.5 Å². The monoisotopic (exact) mass is 406 g/mol. The fourth-order valence-electron chi connectivity index (χ4n) is 2.96. The van der Waals surface area contributed by atoms with Gasteiger partial charge >= 0.3 is 0 Å². The van der Waals surface area contributed by atoms with Crippen molar-refractivity contribution in [1.29, 1.82) is 5.26 Å². The standard InChI is InChI=1S/C22H18N2O4S/c23-13-16-3-1-4-18(11-16)28-15-22(25)24(14-19-5-2-10-29-19)17-6-7-20-21(12-17)27-9-8-26-20/h1-7,10-12H,8-9,14-15H2. The molecule has 0 aliphatic carbocycles. The number of nitrogens with zero attached hydrogens (tertiary/aromatic N) is 2. The van der Waals surface area contributed by atoms with E-state index in [1.807, 2.05) is 35.7 Å². The summed E-state index contributed by atoms with van der Waals surface area (Å²) in [7, 11) is 0. The van der Waals surface area contributed by atoms with Gasteiger partial charge in [0, 0.05) is 16.6 Å². The van der Waals surface area contributed by atoms with Crippen LogP contribution >= 0.6 is 11.3 Å². The van der Waals surface area contributed by atoms with Gasteiger partial charge < -0.3 is 19.1 Å². The summed E-state index contributed by atoms with van der Waals surface area (Å²) in [5, 5.41) is 11.0. The molecule has 2 aromatic carbocycles. The lowest BCUT2D eigenvalue weighted by Crippen LogP contribution is -2.34. The van der Waals surface area contributed by atoms with Gasteiger partial charge in [0.1, 0.15) is 19.0 Å². The molecule has 146 valence electrons. The van der Waals surface area contributed by atoms with E-state index in [2.05, 4.69) is 6.07 Å². The first-order valence-corrected chi connectivity index (χ1v) is 9.96. The first kappa shape index (κ1) is 18.8. The van der Waals surface area contributed by atoms with Gasteiger partial charge in [-0.2, -0.15) is 5.26 Å². The number of hydrogen-bond acceptors (Lipinski definition) is 6. The minimum absolute atomic E-state index is 0.144. The summed E-state index contributed by atoms with van der Waals surface area (Å²) in [4.78, 5) is 15.8. The number of amides is 1. The highest BCUT2D eigenvalue weighted by molar-refractivity contribution is 7.09. The molecule has 3 aromatic rings. The van der Waals surface area contributed by atoms with Gasteiger partial charge in [-0.3, -0.25) is 4.79 Å². The van der Waals surface area contributed by atoms with Crippen LogP contribution in [0.5, 0.6) is 17.2 Å². The molecule has 6 nitrogen and oxygen atoms in total. The van der Waals surface area contributed by atoms with Crippen LogP contribution in [-0.2, 0) is 11.3 Å². The van der Waals surface area contributed by atoms with Gasteiger partial charge in [0.15, 0.2) is 18.1 Å². The van der Waals surface area contributed by atoms with Crippen molar-refractivity contribution in [2.45, 2.75) is 6.54 Å². The average molecular weight is 406 g/mol. The fourth-order valence-corrected chi connectivity index (χ4v) is 3.65. The Kier molecular flexibility index (Phi) is 5.63. The predicted octanol–water partition coefficient (Wildman–Crippen LogP) is 4.00. The van der Waals surface area contributed by atoms with Crippen molar-refractivity contribution in [2.24, 2.45) is 0 Å². The number of ether oxygens (including phenoxy) is 3. The molecular weight excluding hydrogens is 388 g/mol. The van der Waals surface area contributed by atoms with E-state index in [0.717, 1.165) is 4.88 Å². The van der Waals surface area contributed by atoms with Crippen LogP contribution in [0.4, 0.5) is 5.69 Å². The van der Waals surface area contributed by atoms with E-state index in [0.29, 0.717) is 48.3 Å². The highest BCUT2D eigenvalue weighted by atomic mass is 32.1. The molecular formula is C22H18N2O4S. The van der Waals surface area contributed by atoms with Crippen molar-refractivity contribution in [1.82, 2.24) is 0 Å². The van der Waals surface area contributed by atoms with Crippen molar-refractivity contribution < 1.29 is 19.0 Å². The number of benzene rings is 2. The zero-order valence-electron chi connectivity index (χ0n) is 15.5. The Morgan fingerprint density at radius 2 is 1.97 bits per heavy atom. The third-order valence-electron chi connectivity index (χ3n) is 4.36. The minimum Gasteiger partial charge on any atom is -0.486 e. The van der Waals surface area contributed by atoms with Crippen molar-refractivity contribution in [3.63, 3.8) is 0 Å². The first-order valence-electron chi connectivity index (χ1n) is 9.08. The van der Waals surface area contributed by atoms with Gasteiger partial charge in [-0.25, -0.2) is 0 Å². The Morgan fingerprint density at radius 1 is 1.10 bits per heavy atom. The maximum absolute atomic E-state index is 13.0. The topological polar surface area (TPSA) is 71.8 Å². The van der Waals surface area contributed by atoms with Gasteiger partial charge in [0.25, 0.3) is 5.91 Å². The van der Waals surface area contributed by atoms with Gasteiger partial charge in [-0.1, -0.05) is 12.1 Å². The lowest BCUT2D eigenvalue weighted by atomic mass is 10.2. The molecule has 1 amide bonds. The molecule has 4 rings (SSSR count). The number of rotatable bonds is 6. The number of thiophene rings is 1. The second-order valence-corrected chi connectivity index (χ2v) is 7.35. The number of hydrogen-bond donors (Lipinski definition) is 0. The maximum atomic E-state index is 13.0. The molecule has 0 bridgehead atoms. The van der Waals surface area contributed by atoms with Crippen LogP contribution in [0.15, 0.2) is 60.0 Å². The zero-order valence-corrected chi connectivity index (χ0v) is 16.4. The van der Waals surface area contributed by atoms with Crippen LogP contribution in [-0.4, -0.2) is 25.7 Å². The molecule has 29 heavy (non-hydrogen) atoms. The third-order valence-corrected chi connectivity index (χ3v) is 5.22. The van der Waals surface area contributed by atoms with E-state index in [-0.39, 0.29) is 12.5 Å². The lowest BCUT2D eigenvalue weighted by Gasteiger charge is -2.25. The number of carbonyl (C=O) groups excluding carboxylic acids is 1. The molecule has 0 spiro atoms. The van der Waals surface area contributed by atoms with Crippen molar-refractivity contribution in [3.8, 4) is 23.3 Å². The van der Waals surface area contributed by atoms with E-state index in [1.54, 1.807) is 40.5 Å². The van der Waals surface area contributed by atoms with E-state index in [9.17, 15) is 4.79 Å². The lowest BCUT2D eigenvalue weighted by molar-refractivity contribution is -0.120. The summed E-state index contributed by atoms with van der Waals surface area (Å²) in [6, 6.07) is 18.2. The van der Waals surface area contributed by atoms with Crippen LogP contribution in [0.25, 0.3) is 0 Å². The number of anilines is 1. The SMILES string of the molecule is N#Cc1cccc(OCC(=O)N(Cc2cccs2)c2ccc3c(c2)OCCO3)c1. The summed E-state index contributed by atoms with van der Waals surface area (Å²) >= 11 is 1.58. The third kappa shape index (κ3) is 4.50. The van der Waals surface area contributed by atoms with Gasteiger partial charge in [-0.15, -0.1) is 11.3 Å². The summed E-state index contributed by atoms with van der Waals surface area (Å²) in [5.74, 6) is 1.58. The quantitative estimate of drug-likeness (QED) is 0.619. The molecule has 0 saturated heterocycles. The fraction of sp³-hybridized carbons (Fsp3) is 0.182. The molecule has 0 saturated carbocycles. The van der Waals surface area contributed by atoms with Gasteiger partial charge in [0.05, 0.1) is 18.2 Å². The van der Waals surface area contributed by atoms with Crippen molar-refractivity contribution in [2.75, 3.05) is 24.7 Å². The Balaban J connectivity index is 1.55. The summed E-state index contributed by atoms with van der Waals surface area (Å²) < 4.78 is 16.9. The molecule has 0 fully saturated rings. The molecule has 0 atom stereocenters. The molecule has 1 aromatic heterocycles. The number of nitriles is 1. The Bertz CT molecular complexity index is 1040. The molecule has 1 aliphatic heterocycles. The van der Waals surface area contributed by atoms with Crippen LogP contribution < -0.4 is 19.1 Å². The highest BCUT2D eigenvalue weighted by Crippen LogP contribution is 2.34. The Hall–Kier alpha value is -3.50. The maximum Gasteiger partial charge on any atom is 0.265 e. The second kappa shape index (κ2) is 8.67. The van der Waals surface area contributed by atoms with E-state index < -0.39 is 0 Å². The molecule has 7 heteroatoms. The predicted molar refractivity (Wildman–Crippen MR) is 110 cm³/mol. The van der Waals surface area contributed by atoms with Crippen LogP contribution in [0.3, 0.4) is 0 Å². The van der Waals surface area contributed by atoms with Gasteiger partial charge in [0.2, 0.25) is 0 Å². The van der Waals surface area contributed by atoms with Crippen LogP contribution in [0, 0.1) is 11.3 Å². The van der Waals surface area contributed by atoms with E-state index >= 15 is 0 Å². The Morgan fingerprint density at radius 3 is 2.76 bits per heavy atom.